The minimum atomic E-state index is 0.234. The maximum absolute atomic E-state index is 6.11. The predicted octanol–water partition coefficient (Wildman–Crippen LogP) is 5.78. The van der Waals surface area contributed by atoms with Gasteiger partial charge in [0.2, 0.25) is 0 Å². The number of halogens is 1. The molecule has 0 amide bonds. The van der Waals surface area contributed by atoms with Crippen LogP contribution in [0.25, 0.3) is 0 Å². The first kappa shape index (κ1) is 19.3. The number of hydrogen-bond acceptors (Lipinski definition) is 3. The molecule has 140 valence electrons. The molecule has 1 atom stereocenters. The lowest BCUT2D eigenvalue weighted by molar-refractivity contribution is 0.280. The minimum absolute atomic E-state index is 0.234. The van der Waals surface area contributed by atoms with Crippen LogP contribution in [0.15, 0.2) is 72.8 Å². The van der Waals surface area contributed by atoms with Gasteiger partial charge in [0, 0.05) is 23.2 Å². The Morgan fingerprint density at radius 2 is 1.74 bits per heavy atom. The lowest BCUT2D eigenvalue weighted by Gasteiger charge is -2.18. The van der Waals surface area contributed by atoms with Crippen LogP contribution >= 0.6 is 11.6 Å². The third kappa shape index (κ3) is 5.25. The van der Waals surface area contributed by atoms with Crippen LogP contribution in [0.3, 0.4) is 0 Å². The fourth-order valence-corrected chi connectivity index (χ4v) is 3.14. The minimum Gasteiger partial charge on any atom is -0.493 e. The van der Waals surface area contributed by atoms with Gasteiger partial charge in [-0.05, 0) is 36.2 Å². The van der Waals surface area contributed by atoms with E-state index >= 15 is 0 Å². The van der Waals surface area contributed by atoms with E-state index < -0.39 is 0 Å². The summed E-state index contributed by atoms with van der Waals surface area (Å²) in [5, 5.41) is 4.26. The average Bonchev–Trinajstić information content (AvgIpc) is 2.71. The largest absolute Gasteiger partial charge is 0.493 e. The topological polar surface area (TPSA) is 30.5 Å². The number of rotatable bonds is 8. The van der Waals surface area contributed by atoms with Crippen LogP contribution in [0.5, 0.6) is 11.5 Å². The van der Waals surface area contributed by atoms with E-state index in [2.05, 4.69) is 42.6 Å². The summed E-state index contributed by atoms with van der Waals surface area (Å²) in [7, 11) is 1.66. The molecule has 0 bridgehead atoms. The number of benzene rings is 3. The molecule has 3 aromatic rings. The Balaban J connectivity index is 1.73. The Hall–Kier alpha value is -2.49. The molecule has 0 radical (unpaired) electrons. The first-order chi connectivity index (χ1) is 13.2. The summed E-state index contributed by atoms with van der Waals surface area (Å²) in [6.45, 7) is 3.27. The van der Waals surface area contributed by atoms with Crippen LogP contribution in [-0.4, -0.2) is 7.11 Å². The molecule has 0 saturated carbocycles. The number of methoxy groups -OCH3 is 1. The summed E-state index contributed by atoms with van der Waals surface area (Å²) in [4.78, 5) is 0. The fraction of sp³-hybridized carbons (Fsp3) is 0.217. The molecule has 4 heteroatoms. The summed E-state index contributed by atoms with van der Waals surface area (Å²) in [6, 6.07) is 24.3. The number of ether oxygens (including phenoxy) is 2. The van der Waals surface area contributed by atoms with E-state index in [0.717, 1.165) is 22.6 Å². The normalized spacial score (nSPS) is 11.8. The van der Waals surface area contributed by atoms with Crippen LogP contribution in [-0.2, 0) is 13.2 Å². The average molecular weight is 382 g/mol. The molecule has 3 rings (SSSR count). The second-order valence-corrected chi connectivity index (χ2v) is 6.82. The highest BCUT2D eigenvalue weighted by Gasteiger charge is 2.12. The van der Waals surface area contributed by atoms with Gasteiger partial charge in [-0.25, -0.2) is 0 Å². The molecule has 27 heavy (non-hydrogen) atoms. The molecule has 0 heterocycles. The molecule has 0 aliphatic rings. The van der Waals surface area contributed by atoms with Crippen molar-refractivity contribution in [3.05, 3.63) is 94.5 Å². The second-order valence-electron chi connectivity index (χ2n) is 6.38. The molecule has 0 aliphatic heterocycles. The highest BCUT2D eigenvalue weighted by atomic mass is 35.5. The van der Waals surface area contributed by atoms with E-state index in [1.54, 1.807) is 7.11 Å². The van der Waals surface area contributed by atoms with Crippen molar-refractivity contribution in [1.29, 1.82) is 0 Å². The predicted molar refractivity (Wildman–Crippen MR) is 110 cm³/mol. The third-order valence-electron chi connectivity index (χ3n) is 4.45. The van der Waals surface area contributed by atoms with E-state index in [9.17, 15) is 0 Å². The van der Waals surface area contributed by atoms with E-state index in [0.29, 0.717) is 18.2 Å². The molecule has 3 aromatic carbocycles. The van der Waals surface area contributed by atoms with Crippen molar-refractivity contribution in [3.8, 4) is 11.5 Å². The zero-order valence-corrected chi connectivity index (χ0v) is 16.4. The first-order valence-electron chi connectivity index (χ1n) is 8.99. The summed E-state index contributed by atoms with van der Waals surface area (Å²) in [5.41, 5.74) is 3.32. The van der Waals surface area contributed by atoms with Crippen molar-refractivity contribution >= 4 is 11.6 Å². The quantitative estimate of drug-likeness (QED) is 0.536. The standard InChI is InChI=1S/C23H24ClNO2/c1-17(19-9-4-3-5-10-19)25-15-20-11-7-13-22(26-2)23(20)27-16-18-8-6-12-21(24)14-18/h3-14,17,25H,15-16H2,1-2H3. The lowest BCUT2D eigenvalue weighted by Crippen LogP contribution is -2.18. The monoisotopic (exact) mass is 381 g/mol. The van der Waals surface area contributed by atoms with E-state index in [4.69, 9.17) is 21.1 Å². The van der Waals surface area contributed by atoms with Gasteiger partial charge >= 0.3 is 0 Å². The van der Waals surface area contributed by atoms with Gasteiger partial charge in [-0.1, -0.05) is 66.2 Å². The number of hydrogen-bond donors (Lipinski definition) is 1. The van der Waals surface area contributed by atoms with Crippen molar-refractivity contribution in [1.82, 2.24) is 5.32 Å². The third-order valence-corrected chi connectivity index (χ3v) is 4.69. The van der Waals surface area contributed by atoms with Gasteiger partial charge in [0.15, 0.2) is 11.5 Å². The van der Waals surface area contributed by atoms with Crippen LogP contribution in [0.4, 0.5) is 0 Å². The molecule has 0 saturated heterocycles. The lowest BCUT2D eigenvalue weighted by atomic mass is 10.1. The molecule has 1 unspecified atom stereocenters. The van der Waals surface area contributed by atoms with Crippen molar-refractivity contribution in [2.45, 2.75) is 26.1 Å². The number of para-hydroxylation sites is 1. The maximum Gasteiger partial charge on any atom is 0.166 e. The smallest absolute Gasteiger partial charge is 0.166 e. The zero-order chi connectivity index (χ0) is 19.1. The SMILES string of the molecule is COc1cccc(CNC(C)c2ccccc2)c1OCc1cccc(Cl)c1. The van der Waals surface area contributed by atoms with Crippen LogP contribution in [0, 0.1) is 0 Å². The summed E-state index contributed by atoms with van der Waals surface area (Å²) >= 11 is 6.07. The van der Waals surface area contributed by atoms with Gasteiger partial charge in [0.1, 0.15) is 6.61 Å². The van der Waals surface area contributed by atoms with Gasteiger partial charge in [0.25, 0.3) is 0 Å². The Kier molecular flexibility index (Phi) is 6.74. The van der Waals surface area contributed by atoms with Gasteiger partial charge in [-0.15, -0.1) is 0 Å². The van der Waals surface area contributed by atoms with E-state index in [1.807, 2.05) is 42.5 Å². The Morgan fingerprint density at radius 1 is 0.963 bits per heavy atom. The molecular weight excluding hydrogens is 358 g/mol. The van der Waals surface area contributed by atoms with Crippen molar-refractivity contribution in [3.63, 3.8) is 0 Å². The fourth-order valence-electron chi connectivity index (χ4n) is 2.93. The zero-order valence-electron chi connectivity index (χ0n) is 15.6. The highest BCUT2D eigenvalue weighted by Crippen LogP contribution is 2.32. The molecule has 0 aliphatic carbocycles. The maximum atomic E-state index is 6.11. The van der Waals surface area contributed by atoms with Crippen molar-refractivity contribution in [2.24, 2.45) is 0 Å². The first-order valence-corrected chi connectivity index (χ1v) is 9.36. The van der Waals surface area contributed by atoms with E-state index in [-0.39, 0.29) is 6.04 Å². The van der Waals surface area contributed by atoms with Crippen molar-refractivity contribution in [2.75, 3.05) is 7.11 Å². The van der Waals surface area contributed by atoms with Crippen LogP contribution in [0.1, 0.15) is 29.7 Å². The Morgan fingerprint density at radius 3 is 2.48 bits per heavy atom. The molecule has 0 spiro atoms. The summed E-state index contributed by atoms with van der Waals surface area (Å²) < 4.78 is 11.6. The summed E-state index contributed by atoms with van der Waals surface area (Å²) in [6.07, 6.45) is 0. The summed E-state index contributed by atoms with van der Waals surface area (Å²) in [5.74, 6) is 1.48. The highest BCUT2D eigenvalue weighted by molar-refractivity contribution is 6.30. The van der Waals surface area contributed by atoms with Gasteiger partial charge in [0.05, 0.1) is 7.11 Å². The molecule has 3 nitrogen and oxygen atoms in total. The van der Waals surface area contributed by atoms with Gasteiger partial charge < -0.3 is 14.8 Å². The van der Waals surface area contributed by atoms with Crippen LogP contribution < -0.4 is 14.8 Å². The van der Waals surface area contributed by atoms with Crippen LogP contribution in [0.2, 0.25) is 5.02 Å². The number of nitrogens with one attached hydrogen (secondary N) is 1. The Labute approximate surface area is 165 Å². The molecule has 0 aromatic heterocycles. The molecule has 0 fully saturated rings. The van der Waals surface area contributed by atoms with Crippen molar-refractivity contribution < 1.29 is 9.47 Å². The molecular formula is C23H24ClNO2. The van der Waals surface area contributed by atoms with E-state index in [1.165, 1.54) is 5.56 Å². The second kappa shape index (κ2) is 9.45. The Bertz CT molecular complexity index is 867. The van der Waals surface area contributed by atoms with Gasteiger partial charge in [-0.2, -0.15) is 0 Å². The van der Waals surface area contributed by atoms with Gasteiger partial charge in [-0.3, -0.25) is 0 Å². The molecule has 1 N–H and O–H groups in total.